The third-order valence-corrected chi connectivity index (χ3v) is 5.97. The van der Waals surface area contributed by atoms with Gasteiger partial charge in [0.1, 0.15) is 11.3 Å². The minimum atomic E-state index is -0.129. The van der Waals surface area contributed by atoms with Gasteiger partial charge in [0.25, 0.3) is 5.91 Å². The summed E-state index contributed by atoms with van der Waals surface area (Å²) in [5, 5.41) is 2.61. The van der Waals surface area contributed by atoms with Crippen molar-refractivity contribution in [3.05, 3.63) is 76.8 Å². The molecule has 28 heavy (non-hydrogen) atoms. The fourth-order valence-electron chi connectivity index (χ4n) is 2.74. The lowest BCUT2D eigenvalue weighted by atomic mass is 10.2. The van der Waals surface area contributed by atoms with Crippen LogP contribution in [-0.2, 0) is 11.3 Å². The highest BCUT2D eigenvalue weighted by molar-refractivity contribution is 7.22. The van der Waals surface area contributed by atoms with Crippen LogP contribution in [0.15, 0.2) is 66.3 Å². The van der Waals surface area contributed by atoms with Crippen molar-refractivity contribution in [2.45, 2.75) is 6.54 Å². The van der Waals surface area contributed by atoms with Crippen molar-refractivity contribution in [3.63, 3.8) is 0 Å². The van der Waals surface area contributed by atoms with Gasteiger partial charge in [-0.2, -0.15) is 0 Å². The number of pyridine rings is 1. The number of hydrogen-bond donors (Lipinski definition) is 0. The molecule has 0 aliphatic heterocycles. The van der Waals surface area contributed by atoms with Crippen molar-refractivity contribution in [1.29, 1.82) is 0 Å². The number of anilines is 1. The van der Waals surface area contributed by atoms with E-state index in [-0.39, 0.29) is 5.91 Å². The maximum atomic E-state index is 13.0. The number of methoxy groups -OCH3 is 1. The molecule has 1 aromatic carbocycles. The highest BCUT2D eigenvalue weighted by atomic mass is 32.1. The van der Waals surface area contributed by atoms with Crippen LogP contribution in [0, 0.1) is 0 Å². The molecule has 0 unspecified atom stereocenters. The Morgan fingerprint density at radius 1 is 1.21 bits per heavy atom. The number of para-hydroxylation sites is 1. The number of fused-ring (bicyclic) bond motifs is 1. The largest absolute Gasteiger partial charge is 0.494 e. The smallest absolute Gasteiger partial charge is 0.253 e. The number of benzene rings is 1. The zero-order chi connectivity index (χ0) is 19.3. The van der Waals surface area contributed by atoms with Gasteiger partial charge >= 0.3 is 0 Å². The molecule has 3 aromatic heterocycles. The normalized spacial score (nSPS) is 11.2. The number of aromatic nitrogens is 2. The number of ether oxygens (including phenoxy) is 1. The Hall–Kier alpha value is -3.03. The van der Waals surface area contributed by atoms with Gasteiger partial charge in [0.2, 0.25) is 0 Å². The van der Waals surface area contributed by atoms with Gasteiger partial charge in [0.15, 0.2) is 5.13 Å². The number of amides is 1. The van der Waals surface area contributed by atoms with Crippen LogP contribution in [0.1, 0.15) is 10.4 Å². The van der Waals surface area contributed by atoms with Crippen LogP contribution in [0.3, 0.4) is 0 Å². The topological polar surface area (TPSA) is 55.3 Å². The fourth-order valence-corrected chi connectivity index (χ4v) is 4.34. The molecule has 5 nitrogen and oxygen atoms in total. The van der Waals surface area contributed by atoms with E-state index in [4.69, 9.17) is 9.72 Å². The fraction of sp³-hybridized carbons (Fsp3) is 0.0952. The minimum Gasteiger partial charge on any atom is -0.494 e. The van der Waals surface area contributed by atoms with Gasteiger partial charge in [-0.3, -0.25) is 14.7 Å². The summed E-state index contributed by atoms with van der Waals surface area (Å²) >= 11 is 3.06. The summed E-state index contributed by atoms with van der Waals surface area (Å²) < 4.78 is 6.39. The standard InChI is InChI=1S/C21H17N3O2S2/c1-26-17-7-2-8-18-20(17)23-21(28-18)24(14-15-5-3-11-22-13-15)19(25)10-9-16-6-4-12-27-16/h2-13H,14H2,1H3/b10-9+. The summed E-state index contributed by atoms with van der Waals surface area (Å²) in [6.07, 6.45) is 6.90. The van der Waals surface area contributed by atoms with E-state index in [1.165, 1.54) is 11.3 Å². The van der Waals surface area contributed by atoms with Crippen LogP contribution in [0.25, 0.3) is 16.3 Å². The second-order valence-electron chi connectivity index (χ2n) is 5.94. The molecule has 0 N–H and O–H groups in total. The number of rotatable bonds is 6. The van der Waals surface area contributed by atoms with Crippen molar-refractivity contribution in [2.75, 3.05) is 12.0 Å². The van der Waals surface area contributed by atoms with Gasteiger partial charge in [0.05, 0.1) is 18.4 Å². The van der Waals surface area contributed by atoms with Crippen LogP contribution in [0.2, 0.25) is 0 Å². The molecule has 0 radical (unpaired) electrons. The number of carbonyl (C=O) groups is 1. The SMILES string of the molecule is COc1cccc2sc(N(Cc3cccnc3)C(=O)/C=C/c3cccs3)nc12. The molecular weight excluding hydrogens is 390 g/mol. The third-order valence-electron chi connectivity index (χ3n) is 4.08. The Kier molecular flexibility index (Phi) is 5.45. The first-order valence-electron chi connectivity index (χ1n) is 8.60. The lowest BCUT2D eigenvalue weighted by molar-refractivity contribution is -0.114. The summed E-state index contributed by atoms with van der Waals surface area (Å²) in [5.41, 5.74) is 1.70. The second-order valence-corrected chi connectivity index (χ2v) is 7.93. The molecule has 0 bridgehead atoms. The molecule has 0 atom stereocenters. The summed E-state index contributed by atoms with van der Waals surface area (Å²) in [5.74, 6) is 0.568. The molecule has 7 heteroatoms. The Balaban J connectivity index is 1.71. The maximum Gasteiger partial charge on any atom is 0.253 e. The first-order chi connectivity index (χ1) is 13.7. The van der Waals surface area contributed by atoms with Crippen molar-refractivity contribution in [2.24, 2.45) is 0 Å². The molecule has 0 aliphatic carbocycles. The van der Waals surface area contributed by atoms with E-state index in [1.807, 2.05) is 53.9 Å². The Bertz CT molecular complexity index is 1110. The summed E-state index contributed by atoms with van der Waals surface area (Å²) in [7, 11) is 1.62. The van der Waals surface area contributed by atoms with E-state index in [1.54, 1.807) is 41.8 Å². The van der Waals surface area contributed by atoms with E-state index in [0.717, 1.165) is 20.7 Å². The molecule has 0 fully saturated rings. The van der Waals surface area contributed by atoms with E-state index in [9.17, 15) is 4.79 Å². The Labute approximate surface area is 170 Å². The zero-order valence-corrected chi connectivity index (χ0v) is 16.7. The molecule has 0 aliphatic rings. The van der Waals surface area contributed by atoms with Gasteiger partial charge in [-0.05, 0) is 41.3 Å². The summed E-state index contributed by atoms with van der Waals surface area (Å²) in [6.45, 7) is 0.392. The summed E-state index contributed by atoms with van der Waals surface area (Å²) in [6, 6.07) is 13.5. The number of carbonyl (C=O) groups excluding carboxylic acids is 1. The first kappa shape index (κ1) is 18.3. The monoisotopic (exact) mass is 407 g/mol. The average molecular weight is 408 g/mol. The van der Waals surface area contributed by atoms with Crippen LogP contribution in [0.5, 0.6) is 5.75 Å². The highest BCUT2D eigenvalue weighted by Gasteiger charge is 2.20. The maximum absolute atomic E-state index is 13.0. The van der Waals surface area contributed by atoms with Crippen LogP contribution in [0.4, 0.5) is 5.13 Å². The van der Waals surface area contributed by atoms with Crippen LogP contribution >= 0.6 is 22.7 Å². The van der Waals surface area contributed by atoms with Crippen LogP contribution < -0.4 is 9.64 Å². The molecule has 0 spiro atoms. The predicted octanol–water partition coefficient (Wildman–Crippen LogP) is 5.01. The molecule has 0 saturated heterocycles. The lowest BCUT2D eigenvalue weighted by Crippen LogP contribution is -2.28. The van der Waals surface area contributed by atoms with Gasteiger partial charge in [0, 0.05) is 23.3 Å². The molecule has 3 heterocycles. The van der Waals surface area contributed by atoms with E-state index in [0.29, 0.717) is 17.4 Å². The molecule has 1 amide bonds. The number of thiazole rings is 1. The van der Waals surface area contributed by atoms with Gasteiger partial charge < -0.3 is 4.74 Å². The zero-order valence-electron chi connectivity index (χ0n) is 15.1. The quantitative estimate of drug-likeness (QED) is 0.422. The molecule has 0 saturated carbocycles. The van der Waals surface area contributed by atoms with Crippen molar-refractivity contribution >= 4 is 50.0 Å². The Morgan fingerprint density at radius 3 is 2.89 bits per heavy atom. The molecule has 4 rings (SSSR count). The minimum absolute atomic E-state index is 0.129. The molecule has 4 aromatic rings. The van der Waals surface area contributed by atoms with Gasteiger partial charge in [-0.25, -0.2) is 4.98 Å². The second kappa shape index (κ2) is 8.33. The van der Waals surface area contributed by atoms with Crippen molar-refractivity contribution < 1.29 is 9.53 Å². The average Bonchev–Trinajstić information content (AvgIpc) is 3.40. The molecule has 140 valence electrons. The number of nitrogens with zero attached hydrogens (tertiary/aromatic N) is 3. The highest BCUT2D eigenvalue weighted by Crippen LogP contribution is 2.34. The van der Waals surface area contributed by atoms with Crippen molar-refractivity contribution in [1.82, 2.24) is 9.97 Å². The van der Waals surface area contributed by atoms with E-state index >= 15 is 0 Å². The first-order valence-corrected chi connectivity index (χ1v) is 10.3. The van der Waals surface area contributed by atoms with Gasteiger partial charge in [-0.1, -0.05) is 29.5 Å². The third kappa shape index (κ3) is 3.95. The van der Waals surface area contributed by atoms with Gasteiger partial charge in [-0.15, -0.1) is 11.3 Å². The predicted molar refractivity (Wildman–Crippen MR) is 115 cm³/mol. The van der Waals surface area contributed by atoms with E-state index < -0.39 is 0 Å². The van der Waals surface area contributed by atoms with Crippen molar-refractivity contribution in [3.8, 4) is 5.75 Å². The summed E-state index contributed by atoms with van der Waals surface area (Å²) in [4.78, 5) is 24.6. The molecular formula is C21H17N3O2S2. The van der Waals surface area contributed by atoms with Crippen LogP contribution in [-0.4, -0.2) is 23.0 Å². The number of hydrogen-bond acceptors (Lipinski definition) is 6. The van der Waals surface area contributed by atoms with E-state index in [2.05, 4.69) is 4.98 Å². The number of thiophene rings is 1. The lowest BCUT2D eigenvalue weighted by Gasteiger charge is -2.18. The Morgan fingerprint density at radius 2 is 2.14 bits per heavy atom.